The Kier molecular flexibility index (Phi) is 2.84. The standard InChI is InChI=1S/C10H19FN2/c11-5-7-13-8-6-12-9-10(13)3-1-2-4-10/h12H,1-9H2. The summed E-state index contributed by atoms with van der Waals surface area (Å²) in [6, 6.07) is 0. The zero-order valence-electron chi connectivity index (χ0n) is 8.19. The lowest BCUT2D eigenvalue weighted by molar-refractivity contribution is 0.0590. The van der Waals surface area contributed by atoms with Crippen LogP contribution in [0.2, 0.25) is 0 Å². The summed E-state index contributed by atoms with van der Waals surface area (Å²) in [5.41, 5.74) is 0.324. The molecule has 0 aromatic heterocycles. The minimum atomic E-state index is -0.193. The number of rotatable bonds is 2. The first-order valence-electron chi connectivity index (χ1n) is 5.39. The third-order valence-electron chi connectivity index (χ3n) is 3.57. The van der Waals surface area contributed by atoms with E-state index in [0.29, 0.717) is 12.1 Å². The van der Waals surface area contributed by atoms with Gasteiger partial charge in [-0.2, -0.15) is 0 Å². The molecule has 2 fully saturated rings. The number of nitrogens with one attached hydrogen (secondary N) is 1. The zero-order valence-corrected chi connectivity index (χ0v) is 8.19. The van der Waals surface area contributed by atoms with E-state index in [1.165, 1.54) is 25.7 Å². The smallest absolute Gasteiger partial charge is 0.102 e. The Morgan fingerprint density at radius 3 is 2.77 bits per heavy atom. The van der Waals surface area contributed by atoms with Crippen LogP contribution in [0, 0.1) is 0 Å². The number of nitrogens with zero attached hydrogens (tertiary/aromatic N) is 1. The van der Waals surface area contributed by atoms with Gasteiger partial charge in [0.2, 0.25) is 0 Å². The van der Waals surface area contributed by atoms with Crippen LogP contribution >= 0.6 is 0 Å². The van der Waals surface area contributed by atoms with Crippen LogP contribution in [0.1, 0.15) is 25.7 Å². The first-order chi connectivity index (χ1) is 6.37. The molecule has 13 heavy (non-hydrogen) atoms. The third-order valence-corrected chi connectivity index (χ3v) is 3.57. The highest BCUT2D eigenvalue weighted by Crippen LogP contribution is 2.35. The van der Waals surface area contributed by atoms with Crippen molar-refractivity contribution in [2.75, 3.05) is 32.9 Å². The Hall–Kier alpha value is -0.150. The summed E-state index contributed by atoms with van der Waals surface area (Å²) in [6.45, 7) is 3.59. The summed E-state index contributed by atoms with van der Waals surface area (Å²) in [5.74, 6) is 0. The molecule has 0 radical (unpaired) electrons. The first-order valence-corrected chi connectivity index (χ1v) is 5.39. The van der Waals surface area contributed by atoms with Gasteiger partial charge in [0, 0.05) is 31.7 Å². The van der Waals surface area contributed by atoms with E-state index >= 15 is 0 Å². The predicted octanol–water partition coefficient (Wildman–Crippen LogP) is 1.17. The predicted molar refractivity (Wildman–Crippen MR) is 51.6 cm³/mol. The third kappa shape index (κ3) is 1.72. The fraction of sp³-hybridized carbons (Fsp3) is 1.00. The molecule has 0 unspecified atom stereocenters. The van der Waals surface area contributed by atoms with E-state index in [2.05, 4.69) is 10.2 Å². The average Bonchev–Trinajstić information content (AvgIpc) is 2.59. The summed E-state index contributed by atoms with van der Waals surface area (Å²) in [4.78, 5) is 2.37. The van der Waals surface area contributed by atoms with E-state index < -0.39 is 0 Å². The number of piperazine rings is 1. The van der Waals surface area contributed by atoms with Crippen LogP contribution in [-0.2, 0) is 0 Å². The largest absolute Gasteiger partial charge is 0.314 e. The Bertz CT molecular complexity index is 164. The molecular weight excluding hydrogens is 167 g/mol. The Labute approximate surface area is 79.5 Å². The fourth-order valence-electron chi connectivity index (χ4n) is 2.86. The van der Waals surface area contributed by atoms with Gasteiger partial charge in [-0.1, -0.05) is 12.8 Å². The normalized spacial score (nSPS) is 28.4. The molecule has 1 saturated carbocycles. The van der Waals surface area contributed by atoms with Crippen molar-refractivity contribution in [1.82, 2.24) is 10.2 Å². The number of hydrogen-bond acceptors (Lipinski definition) is 2. The molecule has 0 bridgehead atoms. The number of hydrogen-bond donors (Lipinski definition) is 1. The van der Waals surface area contributed by atoms with Gasteiger partial charge in [-0.15, -0.1) is 0 Å². The van der Waals surface area contributed by atoms with Gasteiger partial charge in [0.1, 0.15) is 6.67 Å². The molecule has 0 atom stereocenters. The van der Waals surface area contributed by atoms with Gasteiger partial charge < -0.3 is 5.32 Å². The van der Waals surface area contributed by atoms with E-state index in [1.54, 1.807) is 0 Å². The van der Waals surface area contributed by atoms with Crippen LogP contribution in [0.4, 0.5) is 4.39 Å². The van der Waals surface area contributed by atoms with E-state index in [1.807, 2.05) is 0 Å². The molecule has 76 valence electrons. The van der Waals surface area contributed by atoms with Crippen LogP contribution in [-0.4, -0.2) is 43.3 Å². The second-order valence-corrected chi connectivity index (χ2v) is 4.28. The van der Waals surface area contributed by atoms with Gasteiger partial charge in [-0.05, 0) is 12.8 Å². The molecule has 2 rings (SSSR count). The molecule has 3 heteroatoms. The molecule has 0 aromatic carbocycles. The molecule has 2 nitrogen and oxygen atoms in total. The highest BCUT2D eigenvalue weighted by Gasteiger charge is 2.40. The highest BCUT2D eigenvalue weighted by molar-refractivity contribution is 4.99. The lowest BCUT2D eigenvalue weighted by atomic mass is 9.93. The maximum Gasteiger partial charge on any atom is 0.102 e. The van der Waals surface area contributed by atoms with Crippen LogP contribution in [0.3, 0.4) is 0 Å². The van der Waals surface area contributed by atoms with Crippen LogP contribution < -0.4 is 5.32 Å². The van der Waals surface area contributed by atoms with Crippen LogP contribution in [0.15, 0.2) is 0 Å². The van der Waals surface area contributed by atoms with Gasteiger partial charge in [-0.3, -0.25) is 4.90 Å². The molecule has 1 aliphatic carbocycles. The van der Waals surface area contributed by atoms with Crippen molar-refractivity contribution in [3.8, 4) is 0 Å². The average molecular weight is 186 g/mol. The van der Waals surface area contributed by atoms with E-state index in [-0.39, 0.29) is 6.67 Å². The maximum absolute atomic E-state index is 12.4. The zero-order chi connectivity index (χ0) is 9.15. The second kappa shape index (κ2) is 3.93. The molecule has 1 heterocycles. The van der Waals surface area contributed by atoms with Crippen LogP contribution in [0.25, 0.3) is 0 Å². The summed E-state index contributed by atoms with van der Waals surface area (Å²) >= 11 is 0. The van der Waals surface area contributed by atoms with Crippen molar-refractivity contribution in [3.05, 3.63) is 0 Å². The Balaban J connectivity index is 2.03. The summed E-state index contributed by atoms with van der Waals surface area (Å²) in [7, 11) is 0. The molecule has 0 amide bonds. The molecule has 2 aliphatic rings. The lowest BCUT2D eigenvalue weighted by Gasteiger charge is -2.45. The molecule has 1 N–H and O–H groups in total. The number of alkyl halides is 1. The monoisotopic (exact) mass is 186 g/mol. The van der Waals surface area contributed by atoms with E-state index in [9.17, 15) is 4.39 Å². The van der Waals surface area contributed by atoms with Crippen molar-refractivity contribution >= 4 is 0 Å². The minimum Gasteiger partial charge on any atom is -0.314 e. The van der Waals surface area contributed by atoms with Crippen LogP contribution in [0.5, 0.6) is 0 Å². The lowest BCUT2D eigenvalue weighted by Crippen LogP contribution is -2.60. The van der Waals surface area contributed by atoms with Crippen molar-refractivity contribution in [2.24, 2.45) is 0 Å². The molecular formula is C10H19FN2. The fourth-order valence-corrected chi connectivity index (χ4v) is 2.86. The quantitative estimate of drug-likeness (QED) is 0.696. The minimum absolute atomic E-state index is 0.193. The molecule has 1 saturated heterocycles. The van der Waals surface area contributed by atoms with Gasteiger partial charge >= 0.3 is 0 Å². The Morgan fingerprint density at radius 1 is 1.31 bits per heavy atom. The topological polar surface area (TPSA) is 15.3 Å². The maximum atomic E-state index is 12.4. The van der Waals surface area contributed by atoms with Gasteiger partial charge in [0.05, 0.1) is 0 Å². The SMILES string of the molecule is FCCN1CCNCC12CCCC2. The first kappa shape index (κ1) is 9.41. The molecule has 1 spiro atoms. The van der Waals surface area contributed by atoms with Gasteiger partial charge in [-0.25, -0.2) is 4.39 Å². The van der Waals surface area contributed by atoms with Crippen molar-refractivity contribution in [1.29, 1.82) is 0 Å². The van der Waals surface area contributed by atoms with Gasteiger partial charge in [0.25, 0.3) is 0 Å². The van der Waals surface area contributed by atoms with Crippen molar-refractivity contribution in [3.63, 3.8) is 0 Å². The van der Waals surface area contributed by atoms with Crippen molar-refractivity contribution < 1.29 is 4.39 Å². The van der Waals surface area contributed by atoms with Gasteiger partial charge in [0.15, 0.2) is 0 Å². The molecule has 1 aliphatic heterocycles. The number of halogens is 1. The molecule has 0 aromatic rings. The van der Waals surface area contributed by atoms with Crippen molar-refractivity contribution in [2.45, 2.75) is 31.2 Å². The summed E-state index contributed by atoms with van der Waals surface area (Å²) < 4.78 is 12.4. The highest BCUT2D eigenvalue weighted by atomic mass is 19.1. The van der Waals surface area contributed by atoms with E-state index in [4.69, 9.17) is 0 Å². The Morgan fingerprint density at radius 2 is 2.08 bits per heavy atom. The van der Waals surface area contributed by atoms with E-state index in [0.717, 1.165) is 19.6 Å². The second-order valence-electron chi connectivity index (χ2n) is 4.28. The summed E-state index contributed by atoms with van der Waals surface area (Å²) in [5, 5.41) is 3.44. The summed E-state index contributed by atoms with van der Waals surface area (Å²) in [6.07, 6.45) is 5.18.